The van der Waals surface area contributed by atoms with Gasteiger partial charge in [-0.15, -0.1) is 0 Å². The number of aryl methyl sites for hydroxylation is 2. The largest absolute Gasteiger partial charge is 0.416 e. The molecule has 0 saturated heterocycles. The quantitative estimate of drug-likeness (QED) is 0.657. The van der Waals surface area contributed by atoms with Gasteiger partial charge in [0.2, 0.25) is 6.41 Å². The number of nitrogens with one attached hydrogen (secondary N) is 1. The smallest absolute Gasteiger partial charge is 0.306 e. The van der Waals surface area contributed by atoms with Gasteiger partial charge in [0.25, 0.3) is 0 Å². The molecule has 2 heterocycles. The number of urea groups is 1. The molecule has 0 fully saturated rings. The molecule has 0 bridgehead atoms. The molecule has 0 aliphatic heterocycles. The van der Waals surface area contributed by atoms with Crippen LogP contribution in [0.4, 0.5) is 29.3 Å². The number of alkyl halides is 3. The Morgan fingerprint density at radius 2 is 2.04 bits per heavy atom. The van der Waals surface area contributed by atoms with Crippen molar-refractivity contribution in [3.63, 3.8) is 0 Å². The molecule has 0 atom stereocenters. The highest BCUT2D eigenvalue weighted by atomic mass is 35.5. The number of nitrogens with zero attached hydrogens (tertiary/aromatic N) is 4. The zero-order valence-corrected chi connectivity index (χ0v) is 15.3. The van der Waals surface area contributed by atoms with Crippen LogP contribution < -0.4 is 10.2 Å². The summed E-state index contributed by atoms with van der Waals surface area (Å²) in [5.74, 6) is 0. The molecule has 0 spiro atoms. The number of pyridine rings is 1. The maximum absolute atomic E-state index is 12.8. The average Bonchev–Trinajstić information content (AvgIpc) is 2.90. The lowest BCUT2D eigenvalue weighted by atomic mass is 10.2. The maximum atomic E-state index is 12.8. The van der Waals surface area contributed by atoms with Crippen molar-refractivity contribution in [2.24, 2.45) is 7.05 Å². The number of benzene rings is 1. The molecule has 3 aromatic rings. The number of anilines is 2. The molecule has 1 N–H and O–H groups in total. The van der Waals surface area contributed by atoms with E-state index in [0.29, 0.717) is 27.7 Å². The van der Waals surface area contributed by atoms with E-state index in [4.69, 9.17) is 11.6 Å². The third-order valence-corrected chi connectivity index (χ3v) is 4.28. The fourth-order valence-electron chi connectivity index (χ4n) is 2.65. The van der Waals surface area contributed by atoms with E-state index in [1.54, 1.807) is 24.7 Å². The van der Waals surface area contributed by atoms with Crippen LogP contribution in [0.15, 0.2) is 30.5 Å². The summed E-state index contributed by atoms with van der Waals surface area (Å²) in [6.45, 7) is 1.77. The van der Waals surface area contributed by atoms with Gasteiger partial charge in [-0.25, -0.2) is 14.7 Å². The van der Waals surface area contributed by atoms with E-state index in [0.717, 1.165) is 12.1 Å². The van der Waals surface area contributed by atoms with Crippen molar-refractivity contribution in [2.75, 3.05) is 10.2 Å². The van der Waals surface area contributed by atoms with Crippen molar-refractivity contribution in [1.29, 1.82) is 0 Å². The highest BCUT2D eigenvalue weighted by Crippen LogP contribution is 2.35. The van der Waals surface area contributed by atoms with Crippen LogP contribution in [0.25, 0.3) is 11.0 Å². The van der Waals surface area contributed by atoms with Gasteiger partial charge in [0.1, 0.15) is 0 Å². The third-order valence-electron chi connectivity index (χ3n) is 3.97. The Labute approximate surface area is 161 Å². The van der Waals surface area contributed by atoms with Gasteiger partial charge >= 0.3 is 12.2 Å². The Morgan fingerprint density at radius 3 is 2.64 bits per heavy atom. The molecule has 1 aromatic carbocycles. The Balaban J connectivity index is 1.88. The number of hydrogen-bond acceptors (Lipinski definition) is 4. The lowest BCUT2D eigenvalue weighted by Gasteiger charge is -2.18. The first-order chi connectivity index (χ1) is 13.1. The van der Waals surface area contributed by atoms with Gasteiger partial charge in [0, 0.05) is 12.4 Å². The number of halogens is 4. The summed E-state index contributed by atoms with van der Waals surface area (Å²) in [5.41, 5.74) is 0.402. The minimum Gasteiger partial charge on any atom is -0.306 e. The highest BCUT2D eigenvalue weighted by molar-refractivity contribution is 6.34. The molecule has 3 amide bonds. The SMILES string of the molecule is Cc1nn(C)c2ncc(NC(=O)N(C=O)c3ccc(C(F)(F)F)cc3Cl)cc12. The Kier molecular flexibility index (Phi) is 4.99. The second-order valence-electron chi connectivity index (χ2n) is 5.87. The van der Waals surface area contributed by atoms with Crippen LogP contribution in [-0.2, 0) is 18.0 Å². The van der Waals surface area contributed by atoms with Gasteiger partial charge in [-0.2, -0.15) is 18.3 Å². The standard InChI is InChI=1S/C17H13ClF3N5O2/c1-9-12-6-11(7-22-15(12)25(2)24-9)23-16(28)26(8-27)14-4-3-10(5-13(14)18)17(19,20)21/h3-8H,1-2H3,(H,23,28). The molecule has 11 heteroatoms. The van der Waals surface area contributed by atoms with E-state index in [1.165, 1.54) is 6.20 Å². The van der Waals surface area contributed by atoms with E-state index in [1.807, 2.05) is 0 Å². The summed E-state index contributed by atoms with van der Waals surface area (Å²) in [6, 6.07) is 3.05. The summed E-state index contributed by atoms with van der Waals surface area (Å²) >= 11 is 5.85. The van der Waals surface area contributed by atoms with E-state index in [9.17, 15) is 22.8 Å². The van der Waals surface area contributed by atoms with Crippen molar-refractivity contribution in [1.82, 2.24) is 14.8 Å². The first-order valence-corrected chi connectivity index (χ1v) is 8.21. The van der Waals surface area contributed by atoms with Gasteiger partial charge < -0.3 is 5.32 Å². The number of carbonyl (C=O) groups is 2. The molecule has 146 valence electrons. The predicted molar refractivity (Wildman–Crippen MR) is 97.3 cm³/mol. The third kappa shape index (κ3) is 3.63. The molecular formula is C17H13ClF3N5O2. The van der Waals surface area contributed by atoms with Crippen LogP contribution in [0.2, 0.25) is 5.02 Å². The molecule has 0 aliphatic rings. The van der Waals surface area contributed by atoms with Crippen molar-refractivity contribution < 1.29 is 22.8 Å². The molecule has 0 aliphatic carbocycles. The molecule has 2 aromatic heterocycles. The first kappa shape index (κ1) is 19.6. The van der Waals surface area contributed by atoms with Crippen LogP contribution in [0, 0.1) is 6.92 Å². The fourth-order valence-corrected chi connectivity index (χ4v) is 2.92. The summed E-state index contributed by atoms with van der Waals surface area (Å²) in [4.78, 5) is 28.6. The molecule has 3 rings (SSSR count). The van der Waals surface area contributed by atoms with Gasteiger partial charge in [-0.1, -0.05) is 11.6 Å². The summed E-state index contributed by atoms with van der Waals surface area (Å²) in [7, 11) is 1.72. The van der Waals surface area contributed by atoms with E-state index < -0.39 is 22.8 Å². The number of carbonyl (C=O) groups excluding carboxylic acids is 2. The minimum absolute atomic E-state index is 0.158. The van der Waals surface area contributed by atoms with Crippen LogP contribution in [0.1, 0.15) is 11.3 Å². The number of rotatable bonds is 3. The molecule has 0 radical (unpaired) electrons. The fraction of sp³-hybridized carbons (Fsp3) is 0.176. The van der Waals surface area contributed by atoms with Crippen molar-refractivity contribution in [2.45, 2.75) is 13.1 Å². The lowest BCUT2D eigenvalue weighted by molar-refractivity contribution is -0.137. The Bertz CT molecular complexity index is 1080. The number of amides is 3. The van der Waals surface area contributed by atoms with Crippen molar-refractivity contribution in [3.05, 3.63) is 46.7 Å². The Hall–Kier alpha value is -3.14. The minimum atomic E-state index is -4.60. The van der Waals surface area contributed by atoms with Crippen molar-refractivity contribution >= 4 is 46.5 Å². The molecule has 0 saturated carbocycles. The normalized spacial score (nSPS) is 11.5. The summed E-state index contributed by atoms with van der Waals surface area (Å²) in [6.07, 6.45) is -3.07. The van der Waals surface area contributed by atoms with Gasteiger partial charge in [-0.05, 0) is 31.2 Å². The highest BCUT2D eigenvalue weighted by Gasteiger charge is 2.31. The maximum Gasteiger partial charge on any atom is 0.416 e. The monoisotopic (exact) mass is 411 g/mol. The van der Waals surface area contributed by atoms with E-state index in [-0.39, 0.29) is 17.8 Å². The predicted octanol–water partition coefficient (Wildman–Crippen LogP) is 4.14. The van der Waals surface area contributed by atoms with Gasteiger partial charge in [0.15, 0.2) is 5.65 Å². The lowest BCUT2D eigenvalue weighted by Crippen LogP contribution is -2.34. The topological polar surface area (TPSA) is 80.1 Å². The first-order valence-electron chi connectivity index (χ1n) is 7.83. The second kappa shape index (κ2) is 7.12. The molecular weight excluding hydrogens is 399 g/mol. The summed E-state index contributed by atoms with van der Waals surface area (Å²) in [5, 5.41) is 6.99. The van der Waals surface area contributed by atoms with Gasteiger partial charge in [-0.3, -0.25) is 9.48 Å². The Morgan fingerprint density at radius 1 is 1.32 bits per heavy atom. The molecule has 7 nitrogen and oxygen atoms in total. The summed E-state index contributed by atoms with van der Waals surface area (Å²) < 4.78 is 39.8. The number of imide groups is 1. The van der Waals surface area contributed by atoms with Gasteiger partial charge in [0.05, 0.1) is 33.9 Å². The van der Waals surface area contributed by atoms with Crippen molar-refractivity contribution in [3.8, 4) is 0 Å². The zero-order valence-electron chi connectivity index (χ0n) is 14.6. The zero-order chi connectivity index (χ0) is 20.6. The second-order valence-corrected chi connectivity index (χ2v) is 6.28. The molecule has 28 heavy (non-hydrogen) atoms. The number of fused-ring (bicyclic) bond motifs is 1. The van der Waals surface area contributed by atoms with Crippen LogP contribution in [-0.4, -0.2) is 27.2 Å². The molecule has 0 unspecified atom stereocenters. The van der Waals surface area contributed by atoms with Crippen LogP contribution >= 0.6 is 11.6 Å². The average molecular weight is 412 g/mol. The van der Waals surface area contributed by atoms with Crippen LogP contribution in [0.5, 0.6) is 0 Å². The van der Waals surface area contributed by atoms with E-state index >= 15 is 0 Å². The number of hydrogen-bond donors (Lipinski definition) is 1. The van der Waals surface area contributed by atoms with Crippen LogP contribution in [0.3, 0.4) is 0 Å². The number of aromatic nitrogens is 3. The van der Waals surface area contributed by atoms with E-state index in [2.05, 4.69) is 15.4 Å².